The van der Waals surface area contributed by atoms with E-state index in [1.807, 2.05) is 30.8 Å². The van der Waals surface area contributed by atoms with Crippen molar-refractivity contribution in [3.05, 3.63) is 34.8 Å². The molecule has 29 heavy (non-hydrogen) atoms. The number of rotatable bonds is 7. The van der Waals surface area contributed by atoms with Crippen molar-refractivity contribution in [3.8, 4) is 6.07 Å². The van der Waals surface area contributed by atoms with Gasteiger partial charge in [-0.3, -0.25) is 4.68 Å². The van der Waals surface area contributed by atoms with Crippen molar-refractivity contribution in [1.29, 1.82) is 5.26 Å². The summed E-state index contributed by atoms with van der Waals surface area (Å²) in [6, 6.07) is 4.14. The van der Waals surface area contributed by atoms with Crippen molar-refractivity contribution < 1.29 is 5.11 Å². The summed E-state index contributed by atoms with van der Waals surface area (Å²) < 4.78 is 3.49. The molecule has 1 fully saturated rings. The third kappa shape index (κ3) is 3.63. The zero-order chi connectivity index (χ0) is 20.5. The zero-order valence-corrected chi connectivity index (χ0v) is 16.8. The summed E-state index contributed by atoms with van der Waals surface area (Å²) in [7, 11) is 0. The molecule has 0 bridgehead atoms. The van der Waals surface area contributed by atoms with Crippen molar-refractivity contribution in [3.63, 3.8) is 0 Å². The van der Waals surface area contributed by atoms with E-state index in [2.05, 4.69) is 26.6 Å². The van der Waals surface area contributed by atoms with Gasteiger partial charge in [0.15, 0.2) is 5.65 Å². The van der Waals surface area contributed by atoms with Gasteiger partial charge < -0.3 is 16.2 Å². The molecule has 4 N–H and O–H groups in total. The first-order valence-corrected chi connectivity index (χ1v) is 10.0. The number of hydrogen-bond acceptors (Lipinski definition) is 7. The number of aliphatic hydroxyl groups is 1. The van der Waals surface area contributed by atoms with E-state index in [1.165, 1.54) is 0 Å². The molecule has 3 aromatic rings. The molecule has 152 valence electrons. The van der Waals surface area contributed by atoms with Crippen LogP contribution in [0.25, 0.3) is 5.65 Å². The fraction of sp³-hybridized carbons (Fsp3) is 0.500. The summed E-state index contributed by atoms with van der Waals surface area (Å²) in [5.41, 5.74) is 10.1. The van der Waals surface area contributed by atoms with Gasteiger partial charge in [-0.2, -0.15) is 20.0 Å². The SMILES string of the molecule is CCc1c(C)nn2c(N)c(C#N)c(NCCc3ccn(CC4CC(O)C4)n3)nc12. The minimum atomic E-state index is -0.140. The van der Waals surface area contributed by atoms with E-state index < -0.39 is 0 Å². The quantitative estimate of drug-likeness (QED) is 0.556. The standard InChI is InChI=1S/C20H26N8O/c1-3-16-12(2)25-28-18(22)17(10-21)19(24-20(16)28)23-6-4-14-5-7-27(26-14)11-13-8-15(29)9-13/h5,7,13,15,29H,3-4,6,8-9,11,22H2,1-2H3,(H,23,24). The smallest absolute Gasteiger partial charge is 0.163 e. The number of aliphatic hydroxyl groups excluding tert-OH is 1. The van der Waals surface area contributed by atoms with Crippen LogP contribution in [-0.2, 0) is 19.4 Å². The number of aromatic nitrogens is 5. The molecule has 0 saturated heterocycles. The van der Waals surface area contributed by atoms with Gasteiger partial charge in [0.2, 0.25) is 0 Å². The summed E-state index contributed by atoms with van der Waals surface area (Å²) in [5.74, 6) is 1.30. The van der Waals surface area contributed by atoms with Crippen LogP contribution in [0.1, 0.15) is 42.3 Å². The number of nitrogens with two attached hydrogens (primary N) is 1. The first-order valence-electron chi connectivity index (χ1n) is 10.0. The molecule has 0 spiro atoms. The Kier molecular flexibility index (Phi) is 5.11. The molecule has 1 aliphatic rings. The third-order valence-corrected chi connectivity index (χ3v) is 5.59. The summed E-state index contributed by atoms with van der Waals surface area (Å²) >= 11 is 0. The lowest BCUT2D eigenvalue weighted by Crippen LogP contribution is -2.31. The Morgan fingerprint density at radius 3 is 2.86 bits per heavy atom. The predicted molar refractivity (Wildman–Crippen MR) is 109 cm³/mol. The molecule has 0 unspecified atom stereocenters. The topological polar surface area (TPSA) is 130 Å². The highest BCUT2D eigenvalue weighted by molar-refractivity contribution is 5.69. The zero-order valence-electron chi connectivity index (χ0n) is 16.8. The first-order chi connectivity index (χ1) is 14.0. The van der Waals surface area contributed by atoms with E-state index in [0.717, 1.165) is 42.8 Å². The Morgan fingerprint density at radius 1 is 1.38 bits per heavy atom. The van der Waals surface area contributed by atoms with Crippen LogP contribution in [0, 0.1) is 24.2 Å². The van der Waals surface area contributed by atoms with Crippen LogP contribution in [-0.4, -0.2) is 42.1 Å². The molecular weight excluding hydrogens is 368 g/mol. The van der Waals surface area contributed by atoms with Crippen molar-refractivity contribution in [2.75, 3.05) is 17.6 Å². The summed E-state index contributed by atoms with van der Waals surface area (Å²) in [6.07, 6.45) is 5.05. The van der Waals surface area contributed by atoms with E-state index in [1.54, 1.807) is 4.52 Å². The average Bonchev–Trinajstić information content (AvgIpc) is 3.24. The van der Waals surface area contributed by atoms with E-state index in [4.69, 9.17) is 5.73 Å². The largest absolute Gasteiger partial charge is 0.393 e. The van der Waals surface area contributed by atoms with E-state index in [0.29, 0.717) is 41.7 Å². The molecule has 9 nitrogen and oxygen atoms in total. The first kappa shape index (κ1) is 19.2. The lowest BCUT2D eigenvalue weighted by Gasteiger charge is -2.31. The monoisotopic (exact) mass is 394 g/mol. The van der Waals surface area contributed by atoms with Gasteiger partial charge in [-0.05, 0) is 38.2 Å². The second kappa shape index (κ2) is 7.72. The third-order valence-electron chi connectivity index (χ3n) is 5.59. The second-order valence-corrected chi connectivity index (χ2v) is 7.68. The van der Waals surface area contributed by atoms with Gasteiger partial charge in [-0.15, -0.1) is 0 Å². The van der Waals surface area contributed by atoms with Gasteiger partial charge in [0.1, 0.15) is 23.3 Å². The molecule has 1 saturated carbocycles. The Bertz CT molecular complexity index is 1070. The maximum atomic E-state index is 9.56. The Morgan fingerprint density at radius 2 is 2.17 bits per heavy atom. The maximum Gasteiger partial charge on any atom is 0.163 e. The van der Waals surface area contributed by atoms with E-state index in [-0.39, 0.29) is 6.10 Å². The van der Waals surface area contributed by atoms with Crippen molar-refractivity contribution >= 4 is 17.3 Å². The average molecular weight is 394 g/mol. The minimum Gasteiger partial charge on any atom is -0.393 e. The van der Waals surface area contributed by atoms with Crippen LogP contribution in [0.5, 0.6) is 0 Å². The summed E-state index contributed by atoms with van der Waals surface area (Å²) in [5, 5.41) is 31.2. The fourth-order valence-electron chi connectivity index (χ4n) is 3.93. The van der Waals surface area contributed by atoms with Crippen molar-refractivity contribution in [1.82, 2.24) is 24.4 Å². The Labute approximate surface area is 169 Å². The second-order valence-electron chi connectivity index (χ2n) is 7.68. The van der Waals surface area contributed by atoms with Crippen molar-refractivity contribution in [2.24, 2.45) is 5.92 Å². The molecule has 3 heterocycles. The lowest BCUT2D eigenvalue weighted by molar-refractivity contribution is 0.0336. The Balaban J connectivity index is 1.45. The molecule has 4 rings (SSSR count). The molecule has 0 aromatic carbocycles. The normalized spacial score (nSPS) is 18.6. The molecule has 0 amide bonds. The number of hydrogen-bond donors (Lipinski definition) is 3. The van der Waals surface area contributed by atoms with Gasteiger partial charge in [0, 0.05) is 31.3 Å². The number of nitrogens with one attached hydrogen (secondary N) is 1. The van der Waals surface area contributed by atoms with Gasteiger partial charge >= 0.3 is 0 Å². The van der Waals surface area contributed by atoms with Gasteiger partial charge in [0.05, 0.1) is 17.5 Å². The highest BCUT2D eigenvalue weighted by Crippen LogP contribution is 2.28. The summed E-state index contributed by atoms with van der Waals surface area (Å²) in [4.78, 5) is 4.64. The highest BCUT2D eigenvalue weighted by atomic mass is 16.3. The van der Waals surface area contributed by atoms with E-state index >= 15 is 0 Å². The minimum absolute atomic E-state index is 0.140. The van der Waals surface area contributed by atoms with Gasteiger partial charge in [-0.25, -0.2) is 4.98 Å². The highest BCUT2D eigenvalue weighted by Gasteiger charge is 2.27. The number of nitrogen functional groups attached to an aromatic ring is 1. The molecule has 9 heteroatoms. The molecule has 1 aliphatic carbocycles. The fourth-order valence-corrected chi connectivity index (χ4v) is 3.93. The molecule has 0 aliphatic heterocycles. The molecule has 0 atom stereocenters. The van der Waals surface area contributed by atoms with Gasteiger partial charge in [0.25, 0.3) is 0 Å². The van der Waals surface area contributed by atoms with Crippen molar-refractivity contribution in [2.45, 2.75) is 52.2 Å². The van der Waals surface area contributed by atoms with E-state index in [9.17, 15) is 10.4 Å². The van der Waals surface area contributed by atoms with Crippen LogP contribution in [0.4, 0.5) is 11.6 Å². The predicted octanol–water partition coefficient (Wildman–Crippen LogP) is 1.68. The molecule has 0 radical (unpaired) electrons. The molecular formula is C20H26N8O. The lowest BCUT2D eigenvalue weighted by atomic mass is 9.82. The van der Waals surface area contributed by atoms with Gasteiger partial charge in [-0.1, -0.05) is 6.92 Å². The number of nitriles is 1. The summed E-state index contributed by atoms with van der Waals surface area (Å²) in [6.45, 7) is 5.41. The number of nitrogens with zero attached hydrogens (tertiary/aromatic N) is 6. The maximum absolute atomic E-state index is 9.56. The number of fused-ring (bicyclic) bond motifs is 1. The van der Waals surface area contributed by atoms with Crippen LogP contribution >= 0.6 is 0 Å². The Hall–Kier alpha value is -3.12. The number of anilines is 2. The van der Waals surface area contributed by atoms with Crippen LogP contribution in [0.15, 0.2) is 12.3 Å². The number of aryl methyl sites for hydroxylation is 2. The van der Waals surface area contributed by atoms with Crippen LogP contribution in [0.2, 0.25) is 0 Å². The van der Waals surface area contributed by atoms with Crippen LogP contribution < -0.4 is 11.1 Å². The molecule has 3 aromatic heterocycles. The van der Waals surface area contributed by atoms with Crippen LogP contribution in [0.3, 0.4) is 0 Å².